The Kier molecular flexibility index (Phi) is 3.85. The van der Waals surface area contributed by atoms with Crippen molar-refractivity contribution in [2.24, 2.45) is 5.73 Å². The van der Waals surface area contributed by atoms with Gasteiger partial charge in [0.2, 0.25) is 0 Å². The van der Waals surface area contributed by atoms with Gasteiger partial charge in [-0.05, 0) is 23.4 Å². The van der Waals surface area contributed by atoms with E-state index < -0.39 is 0 Å². The number of nitrogens with zero attached hydrogens (tertiary/aromatic N) is 1. The van der Waals surface area contributed by atoms with Gasteiger partial charge in [-0.15, -0.1) is 11.3 Å². The van der Waals surface area contributed by atoms with Crippen molar-refractivity contribution in [2.45, 2.75) is 18.4 Å². The molecule has 1 aromatic carbocycles. The lowest BCUT2D eigenvalue weighted by Crippen LogP contribution is -2.48. The maximum Gasteiger partial charge on any atom is 0.263 e. The van der Waals surface area contributed by atoms with Crippen LogP contribution in [0.15, 0.2) is 47.8 Å². The molecule has 1 saturated heterocycles. The lowest BCUT2D eigenvalue weighted by Gasteiger charge is -2.36. The molecule has 0 bridgehead atoms. The molecule has 0 saturated carbocycles. The van der Waals surface area contributed by atoms with Gasteiger partial charge < -0.3 is 10.6 Å². The summed E-state index contributed by atoms with van der Waals surface area (Å²) in [6, 6.07) is 14.2. The van der Waals surface area contributed by atoms with Gasteiger partial charge in [0.1, 0.15) is 0 Å². The maximum atomic E-state index is 12.5. The summed E-state index contributed by atoms with van der Waals surface area (Å²) in [5.41, 5.74) is 7.42. The molecule has 0 spiro atoms. The molecule has 1 fully saturated rings. The molecule has 2 unspecified atom stereocenters. The summed E-state index contributed by atoms with van der Waals surface area (Å²) in [7, 11) is 0. The molecule has 2 N–H and O–H groups in total. The molecule has 1 aromatic heterocycles. The van der Waals surface area contributed by atoms with Gasteiger partial charge >= 0.3 is 0 Å². The van der Waals surface area contributed by atoms with E-state index in [1.54, 1.807) is 0 Å². The van der Waals surface area contributed by atoms with E-state index >= 15 is 0 Å². The fraction of sp³-hybridized carbons (Fsp3) is 0.312. The number of thiophene rings is 1. The standard InChI is InChI=1S/C16H18N2OS/c17-14-9-13(12-5-2-1-3-6-12)10-18(11-14)16(19)15-7-4-8-20-15/h1-8,13-14H,9-11,17H2. The first kappa shape index (κ1) is 13.3. The fourth-order valence-corrected chi connectivity index (χ4v) is 3.52. The number of amides is 1. The SMILES string of the molecule is NC1CC(c2ccccc2)CN(C(=O)c2cccs2)C1. The summed E-state index contributed by atoms with van der Waals surface area (Å²) in [6.07, 6.45) is 0.943. The first-order valence-electron chi connectivity index (χ1n) is 6.87. The van der Waals surface area contributed by atoms with E-state index in [2.05, 4.69) is 12.1 Å². The summed E-state index contributed by atoms with van der Waals surface area (Å²) in [6.45, 7) is 1.41. The van der Waals surface area contributed by atoms with Crippen molar-refractivity contribution in [2.75, 3.05) is 13.1 Å². The van der Waals surface area contributed by atoms with Crippen molar-refractivity contribution in [1.82, 2.24) is 4.90 Å². The van der Waals surface area contributed by atoms with E-state index in [-0.39, 0.29) is 11.9 Å². The molecule has 0 aliphatic carbocycles. The lowest BCUT2D eigenvalue weighted by atomic mass is 9.88. The Bertz CT molecular complexity index is 567. The minimum Gasteiger partial charge on any atom is -0.336 e. The molecule has 0 radical (unpaired) electrons. The third-order valence-corrected chi connectivity index (χ3v) is 4.63. The van der Waals surface area contributed by atoms with Gasteiger partial charge in [0.15, 0.2) is 0 Å². The topological polar surface area (TPSA) is 46.3 Å². The zero-order valence-corrected chi connectivity index (χ0v) is 12.1. The zero-order valence-electron chi connectivity index (χ0n) is 11.2. The third kappa shape index (κ3) is 2.76. The number of carbonyl (C=O) groups excluding carboxylic acids is 1. The number of likely N-dealkylation sites (tertiary alicyclic amines) is 1. The number of piperidine rings is 1. The number of nitrogens with two attached hydrogens (primary N) is 1. The summed E-state index contributed by atoms with van der Waals surface area (Å²) in [5.74, 6) is 0.444. The van der Waals surface area contributed by atoms with Crippen molar-refractivity contribution >= 4 is 17.2 Å². The Morgan fingerprint density at radius 3 is 2.65 bits per heavy atom. The molecule has 3 rings (SSSR count). The van der Waals surface area contributed by atoms with Gasteiger partial charge in [-0.1, -0.05) is 36.4 Å². The van der Waals surface area contributed by atoms with Crippen LogP contribution >= 0.6 is 11.3 Å². The predicted molar refractivity (Wildman–Crippen MR) is 82.0 cm³/mol. The molecule has 104 valence electrons. The molecule has 20 heavy (non-hydrogen) atoms. The Morgan fingerprint density at radius 1 is 1.15 bits per heavy atom. The number of hydrogen-bond donors (Lipinski definition) is 1. The van der Waals surface area contributed by atoms with E-state index in [9.17, 15) is 4.79 Å². The summed E-state index contributed by atoms with van der Waals surface area (Å²) in [5, 5.41) is 1.94. The molecular weight excluding hydrogens is 268 g/mol. The molecule has 3 nitrogen and oxygen atoms in total. The summed E-state index contributed by atoms with van der Waals surface area (Å²) in [4.78, 5) is 15.2. The minimum atomic E-state index is 0.0536. The van der Waals surface area contributed by atoms with Crippen molar-refractivity contribution in [1.29, 1.82) is 0 Å². The first-order chi connectivity index (χ1) is 9.74. The monoisotopic (exact) mass is 286 g/mol. The van der Waals surface area contributed by atoms with Crippen LogP contribution in [-0.4, -0.2) is 29.9 Å². The highest BCUT2D eigenvalue weighted by Crippen LogP contribution is 2.27. The highest BCUT2D eigenvalue weighted by molar-refractivity contribution is 7.12. The largest absolute Gasteiger partial charge is 0.336 e. The minimum absolute atomic E-state index is 0.0536. The van der Waals surface area contributed by atoms with Crippen LogP contribution in [-0.2, 0) is 0 Å². The van der Waals surface area contributed by atoms with Gasteiger partial charge in [-0.25, -0.2) is 0 Å². The maximum absolute atomic E-state index is 12.5. The van der Waals surface area contributed by atoms with E-state index in [4.69, 9.17) is 5.73 Å². The Morgan fingerprint density at radius 2 is 1.95 bits per heavy atom. The van der Waals surface area contributed by atoms with Crippen LogP contribution in [0.2, 0.25) is 0 Å². The summed E-state index contributed by atoms with van der Waals surface area (Å²) < 4.78 is 0. The number of benzene rings is 1. The van der Waals surface area contributed by atoms with Crippen LogP contribution < -0.4 is 5.73 Å². The van der Waals surface area contributed by atoms with Crippen molar-refractivity contribution < 1.29 is 4.79 Å². The van der Waals surface area contributed by atoms with Gasteiger partial charge in [0.25, 0.3) is 5.91 Å². The van der Waals surface area contributed by atoms with Crippen LogP contribution in [0.1, 0.15) is 27.6 Å². The van der Waals surface area contributed by atoms with Crippen LogP contribution in [0, 0.1) is 0 Å². The van der Waals surface area contributed by atoms with Gasteiger partial charge in [-0.3, -0.25) is 4.79 Å². The molecule has 2 atom stereocenters. The van der Waals surface area contributed by atoms with Crippen molar-refractivity contribution in [3.05, 3.63) is 58.3 Å². The Hall–Kier alpha value is -1.65. The quantitative estimate of drug-likeness (QED) is 0.922. The van der Waals surface area contributed by atoms with E-state index in [1.165, 1.54) is 16.9 Å². The van der Waals surface area contributed by atoms with Crippen molar-refractivity contribution in [3.8, 4) is 0 Å². The zero-order chi connectivity index (χ0) is 13.9. The number of rotatable bonds is 2. The second kappa shape index (κ2) is 5.77. The normalized spacial score (nSPS) is 22.8. The number of carbonyl (C=O) groups is 1. The van der Waals surface area contributed by atoms with Gasteiger partial charge in [0.05, 0.1) is 4.88 Å². The predicted octanol–water partition coefficient (Wildman–Crippen LogP) is 2.71. The lowest BCUT2D eigenvalue weighted by molar-refractivity contribution is 0.0694. The van der Waals surface area contributed by atoms with E-state index in [0.29, 0.717) is 12.5 Å². The molecular formula is C16H18N2OS. The van der Waals surface area contributed by atoms with Gasteiger partial charge in [-0.2, -0.15) is 0 Å². The molecule has 1 amide bonds. The molecule has 2 heterocycles. The first-order valence-corrected chi connectivity index (χ1v) is 7.75. The Balaban J connectivity index is 1.78. The molecule has 2 aromatic rings. The molecule has 4 heteroatoms. The van der Waals surface area contributed by atoms with Crippen LogP contribution in [0.4, 0.5) is 0 Å². The highest BCUT2D eigenvalue weighted by atomic mass is 32.1. The summed E-state index contributed by atoms with van der Waals surface area (Å²) >= 11 is 1.49. The number of hydrogen-bond acceptors (Lipinski definition) is 3. The van der Waals surface area contributed by atoms with Crippen LogP contribution in [0.3, 0.4) is 0 Å². The van der Waals surface area contributed by atoms with Gasteiger partial charge in [0, 0.05) is 25.0 Å². The Labute approximate surface area is 123 Å². The molecule has 1 aliphatic rings. The van der Waals surface area contributed by atoms with Crippen LogP contribution in [0.25, 0.3) is 0 Å². The van der Waals surface area contributed by atoms with Crippen LogP contribution in [0.5, 0.6) is 0 Å². The second-order valence-corrected chi connectivity index (χ2v) is 6.24. The average Bonchev–Trinajstić information content (AvgIpc) is 3.01. The second-order valence-electron chi connectivity index (χ2n) is 5.29. The fourth-order valence-electron chi connectivity index (χ4n) is 2.83. The highest BCUT2D eigenvalue weighted by Gasteiger charge is 2.29. The van der Waals surface area contributed by atoms with E-state index in [0.717, 1.165) is 17.8 Å². The third-order valence-electron chi connectivity index (χ3n) is 3.77. The molecule has 1 aliphatic heterocycles. The van der Waals surface area contributed by atoms with E-state index in [1.807, 2.05) is 40.6 Å². The smallest absolute Gasteiger partial charge is 0.263 e. The van der Waals surface area contributed by atoms with Crippen molar-refractivity contribution in [3.63, 3.8) is 0 Å². The average molecular weight is 286 g/mol.